The Labute approximate surface area is 95.4 Å². The van der Waals surface area contributed by atoms with E-state index in [9.17, 15) is 9.90 Å². The first-order chi connectivity index (χ1) is 7.33. The molecule has 0 saturated heterocycles. The van der Waals surface area contributed by atoms with Gasteiger partial charge < -0.3 is 9.84 Å². The van der Waals surface area contributed by atoms with Crippen LogP contribution in [0.4, 0.5) is 0 Å². The van der Waals surface area contributed by atoms with Gasteiger partial charge >= 0.3 is 5.97 Å². The van der Waals surface area contributed by atoms with Crippen LogP contribution in [0.5, 0.6) is 5.75 Å². The Morgan fingerprint density at radius 1 is 1.44 bits per heavy atom. The fourth-order valence-electron chi connectivity index (χ4n) is 1.18. The van der Waals surface area contributed by atoms with Gasteiger partial charge in [0.15, 0.2) is 0 Å². The summed E-state index contributed by atoms with van der Waals surface area (Å²) in [5.41, 5.74) is 0.347. The molecule has 0 saturated carbocycles. The number of carbonyl (C=O) groups is 1. The number of hydrogen-bond donors (Lipinski definition) is 1. The van der Waals surface area contributed by atoms with Gasteiger partial charge in [-0.2, -0.15) is 0 Å². The smallest absolute Gasteiger partial charge is 0.342 e. The van der Waals surface area contributed by atoms with Gasteiger partial charge in [-0.1, -0.05) is 18.7 Å². The summed E-state index contributed by atoms with van der Waals surface area (Å²) in [4.78, 5) is 11.7. The van der Waals surface area contributed by atoms with Gasteiger partial charge in [0.1, 0.15) is 16.9 Å². The van der Waals surface area contributed by atoms with Crippen LogP contribution in [0.2, 0.25) is 0 Å². The van der Waals surface area contributed by atoms with E-state index in [-0.39, 0.29) is 11.3 Å². The summed E-state index contributed by atoms with van der Waals surface area (Å²) in [7, 11) is 0. The number of phenols is 1. The highest BCUT2D eigenvalue weighted by Gasteiger charge is 2.20. The minimum Gasteiger partial charge on any atom is -0.507 e. The van der Waals surface area contributed by atoms with Crippen molar-refractivity contribution in [2.75, 3.05) is 0 Å². The van der Waals surface area contributed by atoms with E-state index in [4.69, 9.17) is 4.74 Å². The van der Waals surface area contributed by atoms with Crippen molar-refractivity contribution in [3.63, 3.8) is 0 Å². The molecule has 0 aliphatic heterocycles. The normalized spacial score (nSPS) is 10.9. The van der Waals surface area contributed by atoms with Crippen molar-refractivity contribution in [1.29, 1.82) is 0 Å². The number of carbonyl (C=O) groups excluding carboxylic acids is 1. The minimum atomic E-state index is -0.576. The summed E-state index contributed by atoms with van der Waals surface area (Å²) >= 11 is 0. The van der Waals surface area contributed by atoms with Crippen LogP contribution in [0, 0.1) is 0 Å². The van der Waals surface area contributed by atoms with Crippen molar-refractivity contribution in [2.45, 2.75) is 26.4 Å². The predicted octanol–water partition coefficient (Wildman–Crippen LogP) is 2.99. The van der Waals surface area contributed by atoms with Gasteiger partial charge in [-0.15, -0.1) is 0 Å². The third kappa shape index (κ3) is 3.12. The molecule has 1 aromatic rings. The van der Waals surface area contributed by atoms with Crippen LogP contribution in [0.15, 0.2) is 24.8 Å². The highest BCUT2D eigenvalue weighted by molar-refractivity contribution is 5.93. The van der Waals surface area contributed by atoms with Crippen molar-refractivity contribution >= 4 is 12.0 Å². The van der Waals surface area contributed by atoms with Crippen molar-refractivity contribution in [1.82, 2.24) is 0 Å². The van der Waals surface area contributed by atoms with E-state index in [1.165, 1.54) is 6.07 Å². The Balaban J connectivity index is 3.03. The Hall–Kier alpha value is -1.77. The molecule has 0 radical (unpaired) electrons. The Bertz CT molecular complexity index is 414. The average Bonchev–Trinajstić information content (AvgIpc) is 2.15. The maximum atomic E-state index is 11.7. The molecule has 0 unspecified atom stereocenters. The van der Waals surface area contributed by atoms with Crippen LogP contribution in [-0.2, 0) is 4.74 Å². The second-order valence-corrected chi connectivity index (χ2v) is 4.48. The lowest BCUT2D eigenvalue weighted by Gasteiger charge is -2.19. The first kappa shape index (κ1) is 12.3. The lowest BCUT2D eigenvalue weighted by atomic mass is 10.1. The fraction of sp³-hybridized carbons (Fsp3) is 0.308. The molecule has 0 aliphatic rings. The summed E-state index contributed by atoms with van der Waals surface area (Å²) in [6, 6.07) is 4.68. The molecule has 1 rings (SSSR count). The molecule has 86 valence electrons. The Kier molecular flexibility index (Phi) is 3.38. The van der Waals surface area contributed by atoms with E-state index in [0.29, 0.717) is 0 Å². The van der Waals surface area contributed by atoms with E-state index in [0.717, 1.165) is 5.56 Å². The standard InChI is InChI=1S/C13H16O3/c1-5-9-6-7-11(14)10(8-9)12(15)16-13(2,3)4/h5-8,14H,1H2,2-4H3. The molecule has 0 fully saturated rings. The summed E-state index contributed by atoms with van der Waals surface area (Å²) in [6.07, 6.45) is 1.60. The number of benzene rings is 1. The number of hydrogen-bond acceptors (Lipinski definition) is 3. The molecule has 1 aromatic carbocycles. The largest absolute Gasteiger partial charge is 0.507 e. The zero-order valence-corrected chi connectivity index (χ0v) is 9.78. The van der Waals surface area contributed by atoms with Gasteiger partial charge in [-0.05, 0) is 38.5 Å². The minimum absolute atomic E-state index is 0.0835. The molecule has 0 spiro atoms. The highest BCUT2D eigenvalue weighted by Crippen LogP contribution is 2.22. The summed E-state index contributed by atoms with van der Waals surface area (Å²) in [6.45, 7) is 8.93. The molecule has 0 bridgehead atoms. The molecule has 0 atom stereocenters. The third-order valence-corrected chi connectivity index (χ3v) is 1.88. The first-order valence-corrected chi connectivity index (χ1v) is 5.02. The number of rotatable bonds is 2. The Morgan fingerprint density at radius 3 is 2.56 bits per heavy atom. The molecular weight excluding hydrogens is 204 g/mol. The average molecular weight is 220 g/mol. The first-order valence-electron chi connectivity index (χ1n) is 5.02. The van der Waals surface area contributed by atoms with E-state index in [1.54, 1.807) is 39.0 Å². The van der Waals surface area contributed by atoms with Crippen molar-refractivity contribution < 1.29 is 14.6 Å². The molecule has 3 heteroatoms. The Morgan fingerprint density at radius 2 is 2.06 bits per heavy atom. The van der Waals surface area contributed by atoms with Crippen LogP contribution < -0.4 is 0 Å². The van der Waals surface area contributed by atoms with Gasteiger partial charge in [-0.25, -0.2) is 4.79 Å². The number of esters is 1. The topological polar surface area (TPSA) is 46.5 Å². The van der Waals surface area contributed by atoms with E-state index in [2.05, 4.69) is 6.58 Å². The SMILES string of the molecule is C=Cc1ccc(O)c(C(=O)OC(C)(C)C)c1. The number of phenolic OH excluding ortho intramolecular Hbond substituents is 1. The van der Waals surface area contributed by atoms with Crippen molar-refractivity contribution in [3.8, 4) is 5.75 Å². The molecule has 0 amide bonds. The quantitative estimate of drug-likeness (QED) is 0.779. The molecule has 0 aromatic heterocycles. The maximum Gasteiger partial charge on any atom is 0.342 e. The number of aromatic hydroxyl groups is 1. The van der Waals surface area contributed by atoms with E-state index in [1.807, 2.05) is 0 Å². The predicted molar refractivity (Wildman–Crippen MR) is 63.4 cm³/mol. The summed E-state index contributed by atoms with van der Waals surface area (Å²) < 4.78 is 5.17. The van der Waals surface area contributed by atoms with Crippen LogP contribution in [0.3, 0.4) is 0 Å². The zero-order valence-electron chi connectivity index (χ0n) is 9.78. The van der Waals surface area contributed by atoms with Crippen molar-refractivity contribution in [3.05, 3.63) is 35.9 Å². The molecule has 0 aliphatic carbocycles. The molecular formula is C13H16O3. The number of ether oxygens (including phenoxy) is 1. The van der Waals surface area contributed by atoms with Crippen LogP contribution >= 0.6 is 0 Å². The van der Waals surface area contributed by atoms with Gasteiger partial charge in [0.25, 0.3) is 0 Å². The zero-order chi connectivity index (χ0) is 12.3. The van der Waals surface area contributed by atoms with Crippen LogP contribution in [-0.4, -0.2) is 16.7 Å². The monoisotopic (exact) mass is 220 g/mol. The van der Waals surface area contributed by atoms with Crippen LogP contribution in [0.1, 0.15) is 36.7 Å². The second kappa shape index (κ2) is 4.39. The molecule has 0 heterocycles. The van der Waals surface area contributed by atoms with Crippen LogP contribution in [0.25, 0.3) is 6.08 Å². The molecule has 1 N–H and O–H groups in total. The second-order valence-electron chi connectivity index (χ2n) is 4.48. The van der Waals surface area contributed by atoms with Gasteiger partial charge in [0.05, 0.1) is 0 Å². The van der Waals surface area contributed by atoms with E-state index < -0.39 is 11.6 Å². The highest BCUT2D eigenvalue weighted by atomic mass is 16.6. The van der Waals surface area contributed by atoms with Gasteiger partial charge in [-0.3, -0.25) is 0 Å². The fourth-order valence-corrected chi connectivity index (χ4v) is 1.18. The lowest BCUT2D eigenvalue weighted by Crippen LogP contribution is -2.23. The molecule has 3 nitrogen and oxygen atoms in total. The van der Waals surface area contributed by atoms with Gasteiger partial charge in [0, 0.05) is 0 Å². The summed E-state index contributed by atoms with van der Waals surface area (Å²) in [5, 5.41) is 9.56. The lowest BCUT2D eigenvalue weighted by molar-refractivity contribution is 0.00668. The maximum absolute atomic E-state index is 11.7. The third-order valence-electron chi connectivity index (χ3n) is 1.88. The van der Waals surface area contributed by atoms with Crippen molar-refractivity contribution in [2.24, 2.45) is 0 Å². The van der Waals surface area contributed by atoms with Gasteiger partial charge in [0.2, 0.25) is 0 Å². The van der Waals surface area contributed by atoms with E-state index >= 15 is 0 Å². The molecule has 16 heavy (non-hydrogen) atoms. The summed E-state index contributed by atoms with van der Waals surface area (Å²) in [5.74, 6) is -0.617.